The topological polar surface area (TPSA) is 28.2 Å². The maximum atomic E-state index is 4.56. The van der Waals surface area contributed by atoms with Crippen molar-refractivity contribution in [3.63, 3.8) is 0 Å². The number of pyridine rings is 1. The molecule has 0 saturated carbocycles. The molecule has 0 bridgehead atoms. The SMILES string of the molecule is CNCc1cccnc1CN1CCCC(C)CC1. The van der Waals surface area contributed by atoms with Crippen molar-refractivity contribution in [2.24, 2.45) is 5.92 Å². The zero-order valence-electron chi connectivity index (χ0n) is 11.7. The summed E-state index contributed by atoms with van der Waals surface area (Å²) in [5.74, 6) is 0.885. The minimum atomic E-state index is 0.885. The van der Waals surface area contributed by atoms with Gasteiger partial charge >= 0.3 is 0 Å². The van der Waals surface area contributed by atoms with E-state index in [1.54, 1.807) is 0 Å². The van der Waals surface area contributed by atoms with Crippen molar-refractivity contribution in [3.8, 4) is 0 Å². The molecule has 1 aliphatic rings. The second kappa shape index (κ2) is 6.86. The molecule has 3 heteroatoms. The molecule has 1 N–H and O–H groups in total. The molecule has 1 saturated heterocycles. The Bertz CT molecular complexity index is 365. The zero-order valence-corrected chi connectivity index (χ0v) is 11.7. The highest BCUT2D eigenvalue weighted by atomic mass is 15.1. The minimum absolute atomic E-state index is 0.885. The van der Waals surface area contributed by atoms with Gasteiger partial charge in [-0.15, -0.1) is 0 Å². The Morgan fingerprint density at radius 2 is 2.28 bits per heavy atom. The Morgan fingerprint density at radius 1 is 1.39 bits per heavy atom. The van der Waals surface area contributed by atoms with E-state index in [1.807, 2.05) is 19.3 Å². The minimum Gasteiger partial charge on any atom is -0.316 e. The first kappa shape index (κ1) is 13.5. The summed E-state index contributed by atoms with van der Waals surface area (Å²) in [7, 11) is 1.99. The first-order valence-corrected chi connectivity index (χ1v) is 7.09. The molecule has 1 fully saturated rings. The van der Waals surface area contributed by atoms with Crippen LogP contribution in [-0.2, 0) is 13.1 Å². The van der Waals surface area contributed by atoms with E-state index in [2.05, 4.69) is 28.2 Å². The summed E-state index contributed by atoms with van der Waals surface area (Å²) in [5, 5.41) is 3.22. The average Bonchev–Trinajstić information content (AvgIpc) is 2.57. The second-order valence-corrected chi connectivity index (χ2v) is 5.45. The van der Waals surface area contributed by atoms with Crippen LogP contribution in [0.3, 0.4) is 0 Å². The molecule has 1 aromatic heterocycles. The molecule has 0 amide bonds. The van der Waals surface area contributed by atoms with E-state index in [-0.39, 0.29) is 0 Å². The molecule has 3 nitrogen and oxygen atoms in total. The summed E-state index contributed by atoms with van der Waals surface area (Å²) in [6.07, 6.45) is 5.95. The lowest BCUT2D eigenvalue weighted by molar-refractivity contribution is 0.269. The number of likely N-dealkylation sites (tertiary alicyclic amines) is 1. The third-order valence-corrected chi connectivity index (χ3v) is 3.83. The molecule has 1 aliphatic heterocycles. The van der Waals surface area contributed by atoms with Gasteiger partial charge in [-0.05, 0) is 56.9 Å². The van der Waals surface area contributed by atoms with Crippen molar-refractivity contribution >= 4 is 0 Å². The quantitative estimate of drug-likeness (QED) is 0.885. The Hall–Kier alpha value is -0.930. The van der Waals surface area contributed by atoms with Crippen LogP contribution in [0, 0.1) is 5.92 Å². The van der Waals surface area contributed by atoms with Crippen molar-refractivity contribution in [3.05, 3.63) is 29.6 Å². The molecule has 0 spiro atoms. The van der Waals surface area contributed by atoms with Crippen LogP contribution in [0.15, 0.2) is 18.3 Å². The van der Waals surface area contributed by atoms with E-state index in [1.165, 1.54) is 43.6 Å². The van der Waals surface area contributed by atoms with Crippen LogP contribution in [0.2, 0.25) is 0 Å². The number of nitrogens with zero attached hydrogens (tertiary/aromatic N) is 2. The molecule has 1 atom stereocenters. The number of hydrogen-bond acceptors (Lipinski definition) is 3. The van der Waals surface area contributed by atoms with E-state index in [4.69, 9.17) is 0 Å². The fourth-order valence-corrected chi connectivity index (χ4v) is 2.66. The van der Waals surface area contributed by atoms with E-state index in [9.17, 15) is 0 Å². The van der Waals surface area contributed by atoms with E-state index >= 15 is 0 Å². The third kappa shape index (κ3) is 3.79. The highest BCUT2D eigenvalue weighted by molar-refractivity contribution is 5.19. The lowest BCUT2D eigenvalue weighted by Crippen LogP contribution is -2.26. The van der Waals surface area contributed by atoms with Gasteiger partial charge in [0.15, 0.2) is 0 Å². The molecule has 0 aromatic carbocycles. The molecule has 0 radical (unpaired) electrons. The van der Waals surface area contributed by atoms with Gasteiger partial charge in [0.1, 0.15) is 0 Å². The highest BCUT2D eigenvalue weighted by Crippen LogP contribution is 2.18. The molecular weight excluding hydrogens is 222 g/mol. The van der Waals surface area contributed by atoms with Crippen LogP contribution >= 0.6 is 0 Å². The summed E-state index contributed by atoms with van der Waals surface area (Å²) in [6.45, 7) is 6.73. The van der Waals surface area contributed by atoms with Crippen molar-refractivity contribution in [2.45, 2.75) is 39.3 Å². The molecular formula is C15H25N3. The van der Waals surface area contributed by atoms with Crippen molar-refractivity contribution in [2.75, 3.05) is 20.1 Å². The monoisotopic (exact) mass is 247 g/mol. The van der Waals surface area contributed by atoms with Gasteiger partial charge in [-0.3, -0.25) is 9.88 Å². The predicted octanol–water partition coefficient (Wildman–Crippen LogP) is 2.42. The molecule has 100 valence electrons. The van der Waals surface area contributed by atoms with Gasteiger partial charge in [-0.25, -0.2) is 0 Å². The number of nitrogens with one attached hydrogen (secondary N) is 1. The Labute approximate surface area is 111 Å². The number of rotatable bonds is 4. The largest absolute Gasteiger partial charge is 0.316 e. The third-order valence-electron chi connectivity index (χ3n) is 3.83. The van der Waals surface area contributed by atoms with Crippen LogP contribution in [-0.4, -0.2) is 30.0 Å². The van der Waals surface area contributed by atoms with E-state index in [0.29, 0.717) is 0 Å². The van der Waals surface area contributed by atoms with Crippen molar-refractivity contribution in [1.82, 2.24) is 15.2 Å². The van der Waals surface area contributed by atoms with Gasteiger partial charge in [0.05, 0.1) is 5.69 Å². The van der Waals surface area contributed by atoms with E-state index < -0.39 is 0 Å². The normalized spacial score (nSPS) is 21.8. The number of hydrogen-bond donors (Lipinski definition) is 1. The summed E-state index contributed by atoms with van der Waals surface area (Å²) in [6, 6.07) is 4.21. The lowest BCUT2D eigenvalue weighted by Gasteiger charge is -2.20. The van der Waals surface area contributed by atoms with Crippen LogP contribution < -0.4 is 5.32 Å². The summed E-state index contributed by atoms with van der Waals surface area (Å²) in [5.41, 5.74) is 2.57. The molecule has 18 heavy (non-hydrogen) atoms. The van der Waals surface area contributed by atoms with Gasteiger partial charge < -0.3 is 5.32 Å². The molecule has 1 aromatic rings. The fourth-order valence-electron chi connectivity index (χ4n) is 2.66. The van der Waals surface area contributed by atoms with Gasteiger partial charge in [0.25, 0.3) is 0 Å². The smallest absolute Gasteiger partial charge is 0.0588 e. The second-order valence-electron chi connectivity index (χ2n) is 5.45. The van der Waals surface area contributed by atoms with Crippen LogP contribution in [0.1, 0.15) is 37.4 Å². The maximum absolute atomic E-state index is 4.56. The van der Waals surface area contributed by atoms with Gasteiger partial charge in [-0.2, -0.15) is 0 Å². The Kier molecular flexibility index (Phi) is 5.14. The highest BCUT2D eigenvalue weighted by Gasteiger charge is 2.15. The fraction of sp³-hybridized carbons (Fsp3) is 0.667. The zero-order chi connectivity index (χ0) is 12.8. The van der Waals surface area contributed by atoms with Gasteiger partial charge in [0.2, 0.25) is 0 Å². The summed E-state index contributed by atoms with van der Waals surface area (Å²) >= 11 is 0. The van der Waals surface area contributed by atoms with Crippen molar-refractivity contribution in [1.29, 1.82) is 0 Å². The predicted molar refractivity (Wildman–Crippen MR) is 75.3 cm³/mol. The summed E-state index contributed by atoms with van der Waals surface area (Å²) in [4.78, 5) is 7.12. The van der Waals surface area contributed by atoms with Crippen molar-refractivity contribution < 1.29 is 0 Å². The van der Waals surface area contributed by atoms with Crippen LogP contribution in [0.25, 0.3) is 0 Å². The van der Waals surface area contributed by atoms with Crippen LogP contribution in [0.5, 0.6) is 0 Å². The molecule has 2 heterocycles. The number of aromatic nitrogens is 1. The van der Waals surface area contributed by atoms with Gasteiger partial charge in [0, 0.05) is 19.3 Å². The maximum Gasteiger partial charge on any atom is 0.0588 e. The van der Waals surface area contributed by atoms with Crippen LogP contribution in [0.4, 0.5) is 0 Å². The summed E-state index contributed by atoms with van der Waals surface area (Å²) < 4.78 is 0. The molecule has 0 aliphatic carbocycles. The first-order valence-electron chi connectivity index (χ1n) is 7.09. The molecule has 1 unspecified atom stereocenters. The lowest BCUT2D eigenvalue weighted by atomic mass is 10.0. The first-order chi connectivity index (χ1) is 8.79. The van der Waals surface area contributed by atoms with Gasteiger partial charge in [-0.1, -0.05) is 13.0 Å². The Balaban J connectivity index is 1.99. The Morgan fingerprint density at radius 3 is 3.11 bits per heavy atom. The average molecular weight is 247 g/mol. The standard InChI is InChI=1S/C15H25N3/c1-13-5-4-9-18(10-7-13)12-15-14(11-16-2)6-3-8-17-15/h3,6,8,13,16H,4-5,7,9-12H2,1-2H3. The molecule has 2 rings (SSSR count). The van der Waals surface area contributed by atoms with E-state index in [0.717, 1.165) is 19.0 Å².